The van der Waals surface area contributed by atoms with Gasteiger partial charge >= 0.3 is 12.1 Å². The third-order valence-corrected chi connectivity index (χ3v) is 6.68. The van der Waals surface area contributed by atoms with Gasteiger partial charge in [0, 0.05) is 30.6 Å². The van der Waals surface area contributed by atoms with Crippen molar-refractivity contribution in [3.05, 3.63) is 89.5 Å². The number of carboxylic acid groups (broad SMARTS) is 1. The average molecular weight is 538 g/mol. The molecule has 0 atom stereocenters. The lowest BCUT2D eigenvalue weighted by atomic mass is 9.96. The van der Waals surface area contributed by atoms with Gasteiger partial charge in [0.1, 0.15) is 0 Å². The molecule has 6 nitrogen and oxygen atoms in total. The maximum absolute atomic E-state index is 14.0. The minimum Gasteiger partial charge on any atom is -0.481 e. The molecule has 0 aliphatic carbocycles. The predicted octanol–water partition coefficient (Wildman–Crippen LogP) is 6.83. The molecule has 1 N–H and O–H groups in total. The Kier molecular flexibility index (Phi) is 8.81. The number of carboxylic acids is 1. The van der Waals surface area contributed by atoms with Crippen LogP contribution in [0.2, 0.25) is 0 Å². The normalized spacial score (nSPS) is 14.8. The first-order chi connectivity index (χ1) is 18.7. The molecule has 3 aromatic rings. The van der Waals surface area contributed by atoms with Crippen molar-refractivity contribution in [2.24, 2.45) is 0 Å². The second-order valence-corrected chi connectivity index (χ2v) is 9.36. The fourth-order valence-electron chi connectivity index (χ4n) is 4.75. The first-order valence-corrected chi connectivity index (χ1v) is 12.8. The van der Waals surface area contributed by atoms with E-state index in [-0.39, 0.29) is 23.4 Å². The Hall–Kier alpha value is -3.98. The maximum atomic E-state index is 14.0. The largest absolute Gasteiger partial charge is 0.481 e. The molecule has 1 aromatic heterocycles. The SMILES string of the molecule is C=CC=C(C=CC)c1ccc(-c2nc(-c3ccc4c(c3)CCN(CCCC(=O)O)CC4)no2)cc1C(F)(F)F. The van der Waals surface area contributed by atoms with Gasteiger partial charge in [-0.1, -0.05) is 54.2 Å². The lowest BCUT2D eigenvalue weighted by Crippen LogP contribution is -2.27. The molecule has 0 spiro atoms. The quantitative estimate of drug-likeness (QED) is 0.301. The summed E-state index contributed by atoms with van der Waals surface area (Å²) < 4.78 is 47.4. The summed E-state index contributed by atoms with van der Waals surface area (Å²) in [6.45, 7) is 7.74. The molecule has 0 fully saturated rings. The Morgan fingerprint density at radius 2 is 1.87 bits per heavy atom. The van der Waals surface area contributed by atoms with Crippen molar-refractivity contribution in [3.8, 4) is 22.8 Å². The second-order valence-electron chi connectivity index (χ2n) is 9.36. The van der Waals surface area contributed by atoms with Gasteiger partial charge in [-0.3, -0.25) is 4.79 Å². The van der Waals surface area contributed by atoms with E-state index in [4.69, 9.17) is 9.63 Å². The Labute approximate surface area is 225 Å². The number of nitrogens with zero attached hydrogens (tertiary/aromatic N) is 3. The molecular formula is C30H30F3N3O3. The zero-order valence-electron chi connectivity index (χ0n) is 21.7. The average Bonchev–Trinajstić information content (AvgIpc) is 3.30. The summed E-state index contributed by atoms with van der Waals surface area (Å²) in [6.07, 6.45) is 4.08. The molecule has 0 radical (unpaired) electrons. The molecule has 1 aliphatic rings. The van der Waals surface area contributed by atoms with Crippen molar-refractivity contribution < 1.29 is 27.6 Å². The molecule has 39 heavy (non-hydrogen) atoms. The molecule has 0 saturated heterocycles. The summed E-state index contributed by atoms with van der Waals surface area (Å²) in [5, 5.41) is 12.9. The number of allylic oxidation sites excluding steroid dienone is 5. The van der Waals surface area contributed by atoms with Gasteiger partial charge in [0.05, 0.1) is 5.56 Å². The van der Waals surface area contributed by atoms with E-state index in [1.165, 1.54) is 29.8 Å². The number of fused-ring (bicyclic) bond motifs is 1. The monoisotopic (exact) mass is 537 g/mol. The van der Waals surface area contributed by atoms with Gasteiger partial charge in [0.2, 0.25) is 5.82 Å². The summed E-state index contributed by atoms with van der Waals surface area (Å²) >= 11 is 0. The van der Waals surface area contributed by atoms with E-state index in [0.717, 1.165) is 49.7 Å². The van der Waals surface area contributed by atoms with E-state index in [2.05, 4.69) is 21.6 Å². The van der Waals surface area contributed by atoms with Crippen LogP contribution in [-0.2, 0) is 23.8 Å². The molecule has 0 saturated carbocycles. The molecule has 2 heterocycles. The molecule has 0 amide bonds. The third-order valence-electron chi connectivity index (χ3n) is 6.68. The first-order valence-electron chi connectivity index (χ1n) is 12.8. The maximum Gasteiger partial charge on any atom is 0.417 e. The number of hydrogen-bond donors (Lipinski definition) is 1. The summed E-state index contributed by atoms with van der Waals surface area (Å²) in [5.74, 6) is -0.484. The fourth-order valence-corrected chi connectivity index (χ4v) is 4.75. The van der Waals surface area contributed by atoms with Crippen molar-refractivity contribution in [2.45, 2.75) is 38.8 Å². The lowest BCUT2D eigenvalue weighted by molar-refractivity contribution is -0.138. The lowest BCUT2D eigenvalue weighted by Gasteiger charge is -2.18. The number of aromatic nitrogens is 2. The van der Waals surface area contributed by atoms with Crippen molar-refractivity contribution in [3.63, 3.8) is 0 Å². The standard InChI is InChI=1S/C30H30F3N3O3/c1-3-6-21(7-4-2)25-12-11-24(19-26(25)30(31,32)33)29-34-28(35-39-29)23-10-9-20-13-16-36(15-5-8-27(37)38)17-14-22(20)18-23/h3-4,6-7,9-12,18-19H,1,5,8,13-17H2,2H3,(H,37,38). The summed E-state index contributed by atoms with van der Waals surface area (Å²) in [6, 6.07) is 9.88. The molecule has 9 heteroatoms. The second kappa shape index (κ2) is 12.3. The number of hydrogen-bond acceptors (Lipinski definition) is 5. The highest BCUT2D eigenvalue weighted by Gasteiger charge is 2.34. The van der Waals surface area contributed by atoms with E-state index in [0.29, 0.717) is 17.8 Å². The van der Waals surface area contributed by atoms with Crippen molar-refractivity contribution in [1.82, 2.24) is 15.0 Å². The highest BCUT2D eigenvalue weighted by atomic mass is 19.4. The van der Waals surface area contributed by atoms with Crippen LogP contribution in [0.5, 0.6) is 0 Å². The minimum atomic E-state index is -4.59. The van der Waals surface area contributed by atoms with Crippen molar-refractivity contribution in [1.29, 1.82) is 0 Å². The van der Waals surface area contributed by atoms with Gasteiger partial charge in [0.25, 0.3) is 5.89 Å². The number of benzene rings is 2. The van der Waals surface area contributed by atoms with Crippen LogP contribution in [0.25, 0.3) is 28.4 Å². The number of carbonyl (C=O) groups is 1. The van der Waals surface area contributed by atoms with E-state index in [1.54, 1.807) is 19.1 Å². The molecule has 204 valence electrons. The van der Waals surface area contributed by atoms with Gasteiger partial charge in [-0.15, -0.1) is 0 Å². The fraction of sp³-hybridized carbons (Fsp3) is 0.300. The zero-order chi connectivity index (χ0) is 28.0. The van der Waals surface area contributed by atoms with E-state index >= 15 is 0 Å². The van der Waals surface area contributed by atoms with Crippen molar-refractivity contribution >= 4 is 11.5 Å². The highest BCUT2D eigenvalue weighted by Crippen LogP contribution is 2.38. The molecule has 2 aromatic carbocycles. The van der Waals surface area contributed by atoms with E-state index in [1.807, 2.05) is 18.2 Å². The van der Waals surface area contributed by atoms with Gasteiger partial charge in [-0.25, -0.2) is 0 Å². The van der Waals surface area contributed by atoms with Crippen LogP contribution in [-0.4, -0.2) is 45.8 Å². The Bertz CT molecular complexity index is 1410. The number of aliphatic carboxylic acids is 1. The van der Waals surface area contributed by atoms with Crippen molar-refractivity contribution in [2.75, 3.05) is 19.6 Å². The molecule has 0 unspecified atom stereocenters. The van der Waals surface area contributed by atoms with Crippen LogP contribution >= 0.6 is 0 Å². The van der Waals surface area contributed by atoms with Gasteiger partial charge in [-0.2, -0.15) is 18.2 Å². The number of rotatable bonds is 9. The number of alkyl halides is 3. The molecular weight excluding hydrogens is 507 g/mol. The summed E-state index contributed by atoms with van der Waals surface area (Å²) in [5.41, 5.74) is 2.88. The Morgan fingerprint density at radius 1 is 1.13 bits per heavy atom. The van der Waals surface area contributed by atoms with Crippen LogP contribution in [0.3, 0.4) is 0 Å². The number of halogens is 3. The first kappa shape index (κ1) is 28.0. The molecule has 0 bridgehead atoms. The van der Waals surface area contributed by atoms with Gasteiger partial charge in [-0.05, 0) is 73.2 Å². The zero-order valence-corrected chi connectivity index (χ0v) is 21.7. The Balaban J connectivity index is 1.57. The van der Waals surface area contributed by atoms with Gasteiger partial charge in [0.15, 0.2) is 0 Å². The van der Waals surface area contributed by atoms with Crippen LogP contribution in [0.1, 0.15) is 42.0 Å². The minimum absolute atomic E-state index is 0.00174. The van der Waals surface area contributed by atoms with Crippen LogP contribution in [0.4, 0.5) is 13.2 Å². The smallest absolute Gasteiger partial charge is 0.417 e. The predicted molar refractivity (Wildman–Crippen MR) is 144 cm³/mol. The van der Waals surface area contributed by atoms with E-state index in [9.17, 15) is 18.0 Å². The molecule has 1 aliphatic heterocycles. The third kappa shape index (κ3) is 6.92. The van der Waals surface area contributed by atoms with Gasteiger partial charge < -0.3 is 14.5 Å². The van der Waals surface area contributed by atoms with Crippen LogP contribution < -0.4 is 0 Å². The van der Waals surface area contributed by atoms with E-state index < -0.39 is 17.7 Å². The van der Waals surface area contributed by atoms with Crippen LogP contribution in [0.15, 0.2) is 71.8 Å². The Morgan fingerprint density at radius 3 is 2.56 bits per heavy atom. The summed E-state index contributed by atoms with van der Waals surface area (Å²) in [4.78, 5) is 17.5. The summed E-state index contributed by atoms with van der Waals surface area (Å²) in [7, 11) is 0. The highest BCUT2D eigenvalue weighted by molar-refractivity contribution is 5.79. The van der Waals surface area contributed by atoms with Crippen LogP contribution in [0, 0.1) is 0 Å². The topological polar surface area (TPSA) is 79.5 Å². The molecule has 4 rings (SSSR count).